The van der Waals surface area contributed by atoms with Crippen LogP contribution in [0.3, 0.4) is 0 Å². The van der Waals surface area contributed by atoms with Crippen molar-refractivity contribution in [1.29, 1.82) is 0 Å². The first kappa shape index (κ1) is 11.5. The molecule has 2 amide bonds. The molecule has 0 aromatic rings. The largest absolute Gasteiger partial charge is 0.576 e. The molecule has 0 spiro atoms. The van der Waals surface area contributed by atoms with Crippen LogP contribution in [0, 0.1) is 0 Å². The summed E-state index contributed by atoms with van der Waals surface area (Å²) in [5.74, 6) is -1.02. The highest BCUT2D eigenvalue weighted by molar-refractivity contribution is 6.01. The van der Waals surface area contributed by atoms with Gasteiger partial charge in [-0.15, -0.1) is 13.2 Å². The Hall–Kier alpha value is -1.53. The number of carbonyl (C=O) groups excluding carboxylic acids is 2. The van der Waals surface area contributed by atoms with Gasteiger partial charge in [0.25, 0.3) is 5.91 Å². The summed E-state index contributed by atoms with van der Waals surface area (Å²) in [6.45, 7) is 4.34. The third-order valence-corrected chi connectivity index (χ3v) is 0.812. The van der Waals surface area contributed by atoms with Gasteiger partial charge in [-0.05, 0) is 6.92 Å². The number of amides is 2. The van der Waals surface area contributed by atoms with Crippen LogP contribution >= 0.6 is 0 Å². The molecule has 0 aromatic carbocycles. The maximum atomic E-state index is 11.3. The highest BCUT2D eigenvalue weighted by atomic mass is 19.4. The van der Waals surface area contributed by atoms with Crippen LogP contribution in [0.2, 0.25) is 0 Å². The van der Waals surface area contributed by atoms with Crippen molar-refractivity contribution < 1.29 is 27.5 Å². The Morgan fingerprint density at radius 1 is 1.38 bits per heavy atom. The number of alkyl halides is 3. The molecule has 4 nitrogen and oxygen atoms in total. The SMILES string of the molecule is C=C(C)C(=O)NC(=O)OC(F)(F)F. The number of carbonyl (C=O) groups is 2. The van der Waals surface area contributed by atoms with E-state index in [0.29, 0.717) is 0 Å². The summed E-state index contributed by atoms with van der Waals surface area (Å²) in [5.41, 5.74) is -0.0980. The third-order valence-electron chi connectivity index (χ3n) is 0.812. The van der Waals surface area contributed by atoms with E-state index >= 15 is 0 Å². The molecule has 0 atom stereocenters. The van der Waals surface area contributed by atoms with E-state index in [1.54, 1.807) is 0 Å². The Balaban J connectivity index is 4.04. The van der Waals surface area contributed by atoms with Crippen molar-refractivity contribution in [2.45, 2.75) is 13.3 Å². The zero-order chi connectivity index (χ0) is 10.6. The van der Waals surface area contributed by atoms with E-state index in [1.807, 2.05) is 0 Å². The summed E-state index contributed by atoms with van der Waals surface area (Å²) in [5, 5.41) is 1.32. The molecule has 0 aliphatic heterocycles. The predicted molar refractivity (Wildman–Crippen MR) is 35.5 cm³/mol. The van der Waals surface area contributed by atoms with E-state index in [4.69, 9.17) is 0 Å². The number of hydrogen-bond acceptors (Lipinski definition) is 3. The molecule has 7 heteroatoms. The number of alkyl carbamates (subject to hydrolysis) is 1. The Bertz CT molecular complexity index is 246. The summed E-state index contributed by atoms with van der Waals surface area (Å²) >= 11 is 0. The number of rotatable bonds is 1. The standard InChI is InChI=1S/C6H6F3NO3/c1-3(2)4(11)10-5(12)13-6(7,8)9/h1H2,2H3,(H,10,11,12). The Morgan fingerprint density at radius 2 is 1.85 bits per heavy atom. The van der Waals surface area contributed by atoms with Crippen molar-refractivity contribution in [3.8, 4) is 0 Å². The molecule has 0 unspecified atom stereocenters. The van der Waals surface area contributed by atoms with Crippen LogP contribution in [0.15, 0.2) is 12.2 Å². The van der Waals surface area contributed by atoms with Crippen LogP contribution in [0.1, 0.15) is 6.92 Å². The minimum absolute atomic E-state index is 0.0980. The average Bonchev–Trinajstić information content (AvgIpc) is 1.81. The van der Waals surface area contributed by atoms with E-state index in [1.165, 1.54) is 12.2 Å². The Morgan fingerprint density at radius 3 is 2.15 bits per heavy atom. The minimum Gasteiger partial charge on any atom is -0.356 e. The van der Waals surface area contributed by atoms with Gasteiger partial charge in [-0.1, -0.05) is 6.58 Å². The van der Waals surface area contributed by atoms with Crippen LogP contribution in [-0.4, -0.2) is 18.4 Å². The van der Waals surface area contributed by atoms with Gasteiger partial charge in [0, 0.05) is 5.57 Å². The van der Waals surface area contributed by atoms with Gasteiger partial charge >= 0.3 is 12.5 Å². The van der Waals surface area contributed by atoms with Crippen LogP contribution in [-0.2, 0) is 9.53 Å². The molecule has 0 aromatic heterocycles. The smallest absolute Gasteiger partial charge is 0.356 e. The number of halogens is 3. The van der Waals surface area contributed by atoms with Crippen molar-refractivity contribution in [3.05, 3.63) is 12.2 Å². The van der Waals surface area contributed by atoms with Gasteiger partial charge in [0.15, 0.2) is 0 Å². The first-order valence-corrected chi connectivity index (χ1v) is 2.99. The second-order valence-electron chi connectivity index (χ2n) is 2.07. The lowest BCUT2D eigenvalue weighted by Crippen LogP contribution is -2.35. The van der Waals surface area contributed by atoms with Gasteiger partial charge in [0.2, 0.25) is 0 Å². The molecule has 0 bridgehead atoms. The summed E-state index contributed by atoms with van der Waals surface area (Å²) in [6.07, 6.45) is -6.97. The van der Waals surface area contributed by atoms with Crippen molar-refractivity contribution in [2.75, 3.05) is 0 Å². The Kier molecular flexibility index (Phi) is 3.46. The number of ether oxygens (including phenoxy) is 1. The zero-order valence-corrected chi connectivity index (χ0v) is 6.57. The first-order chi connectivity index (χ1) is 5.72. The molecule has 0 fully saturated rings. The normalized spacial score (nSPS) is 10.5. The van der Waals surface area contributed by atoms with Gasteiger partial charge in [-0.25, -0.2) is 4.79 Å². The van der Waals surface area contributed by atoms with E-state index in [9.17, 15) is 22.8 Å². The van der Waals surface area contributed by atoms with E-state index in [-0.39, 0.29) is 5.57 Å². The molecule has 0 aliphatic carbocycles. The monoisotopic (exact) mass is 197 g/mol. The lowest BCUT2D eigenvalue weighted by atomic mass is 10.3. The minimum atomic E-state index is -5.10. The van der Waals surface area contributed by atoms with Crippen molar-refractivity contribution in [2.24, 2.45) is 0 Å². The van der Waals surface area contributed by atoms with Crippen molar-refractivity contribution in [3.63, 3.8) is 0 Å². The molecule has 0 heterocycles. The molecule has 0 saturated carbocycles. The maximum absolute atomic E-state index is 11.3. The molecule has 0 aliphatic rings. The predicted octanol–water partition coefficient (Wildman–Crippen LogP) is 1.34. The van der Waals surface area contributed by atoms with Gasteiger partial charge in [-0.3, -0.25) is 10.1 Å². The molecule has 0 radical (unpaired) electrons. The van der Waals surface area contributed by atoms with Crippen molar-refractivity contribution >= 4 is 12.0 Å². The van der Waals surface area contributed by atoms with E-state index in [0.717, 1.165) is 0 Å². The maximum Gasteiger partial charge on any atom is 0.576 e. The first-order valence-electron chi connectivity index (χ1n) is 2.99. The fourth-order valence-corrected chi connectivity index (χ4v) is 0.330. The third kappa shape index (κ3) is 5.71. The summed E-state index contributed by atoms with van der Waals surface area (Å²) in [6, 6.07) is 0. The molecule has 1 N–H and O–H groups in total. The summed E-state index contributed by atoms with van der Waals surface area (Å²) < 4.78 is 36.9. The highest BCUT2D eigenvalue weighted by Crippen LogP contribution is 2.15. The van der Waals surface area contributed by atoms with E-state index < -0.39 is 18.4 Å². The lowest BCUT2D eigenvalue weighted by Gasteiger charge is -2.07. The van der Waals surface area contributed by atoms with Crippen molar-refractivity contribution in [1.82, 2.24) is 5.32 Å². The molecule has 0 rings (SSSR count). The zero-order valence-electron chi connectivity index (χ0n) is 6.57. The van der Waals surface area contributed by atoms with Gasteiger partial charge in [0.05, 0.1) is 0 Å². The quantitative estimate of drug-likeness (QED) is 0.645. The fourth-order valence-electron chi connectivity index (χ4n) is 0.330. The fraction of sp³-hybridized carbons (Fsp3) is 0.333. The van der Waals surface area contributed by atoms with Crippen LogP contribution in [0.25, 0.3) is 0 Å². The van der Waals surface area contributed by atoms with E-state index in [2.05, 4.69) is 11.3 Å². The van der Waals surface area contributed by atoms with Crippen LogP contribution in [0.4, 0.5) is 18.0 Å². The highest BCUT2D eigenvalue weighted by Gasteiger charge is 2.34. The Labute approximate surface area is 71.4 Å². The van der Waals surface area contributed by atoms with Gasteiger partial charge < -0.3 is 4.74 Å². The molecular weight excluding hydrogens is 191 g/mol. The van der Waals surface area contributed by atoms with Gasteiger partial charge in [-0.2, -0.15) is 0 Å². The van der Waals surface area contributed by atoms with Gasteiger partial charge in [0.1, 0.15) is 0 Å². The number of nitrogens with one attached hydrogen (secondary N) is 1. The molecule has 13 heavy (non-hydrogen) atoms. The van der Waals surface area contributed by atoms with Crippen LogP contribution in [0.5, 0.6) is 0 Å². The lowest BCUT2D eigenvalue weighted by molar-refractivity contribution is -0.290. The second kappa shape index (κ2) is 3.92. The summed E-state index contributed by atoms with van der Waals surface area (Å²) in [7, 11) is 0. The number of imide groups is 1. The molecular formula is C6H6F3NO3. The van der Waals surface area contributed by atoms with Crippen LogP contribution < -0.4 is 5.32 Å². The molecule has 74 valence electrons. The summed E-state index contributed by atoms with van der Waals surface area (Å²) in [4.78, 5) is 20.8. The average molecular weight is 197 g/mol. The molecule has 0 saturated heterocycles. The second-order valence-corrected chi connectivity index (χ2v) is 2.07. The number of hydrogen-bond donors (Lipinski definition) is 1. The topological polar surface area (TPSA) is 55.4 Å².